The fraction of sp³-hybridized carbons (Fsp3) is 0.500. The number of thioether (sulfide) groups is 1. The van der Waals surface area contributed by atoms with E-state index in [-0.39, 0.29) is 0 Å². The highest BCUT2D eigenvalue weighted by Gasteiger charge is 2.11. The van der Waals surface area contributed by atoms with Gasteiger partial charge in [0.2, 0.25) is 5.16 Å². The molecular weight excluding hydrogens is 150 g/mol. The van der Waals surface area contributed by atoms with Crippen LogP contribution >= 0.6 is 11.8 Å². The smallest absolute Gasteiger partial charge is 0.155 e. The van der Waals surface area contributed by atoms with E-state index in [0.717, 1.165) is 16.6 Å². The lowest BCUT2D eigenvalue weighted by molar-refractivity contribution is 0.639. The first-order valence-electron chi connectivity index (χ1n) is 2.82. The Balaban J connectivity index is 2.50. The van der Waals surface area contributed by atoms with E-state index in [0.29, 0.717) is 0 Å². The van der Waals surface area contributed by atoms with Crippen molar-refractivity contribution in [2.75, 3.05) is 5.75 Å². The average molecular weight is 155 g/mol. The van der Waals surface area contributed by atoms with Crippen LogP contribution in [-0.4, -0.2) is 31.8 Å². The number of rotatable bonds is 0. The van der Waals surface area contributed by atoms with Gasteiger partial charge >= 0.3 is 0 Å². The molecule has 0 aliphatic carbocycles. The molecule has 6 heteroatoms. The molecule has 0 aromatic carbocycles. The lowest BCUT2D eigenvalue weighted by Crippen LogP contribution is -2.08. The summed E-state index contributed by atoms with van der Waals surface area (Å²) in [6.45, 7) is 1.96. The van der Waals surface area contributed by atoms with E-state index in [1.807, 2.05) is 6.92 Å². The van der Waals surface area contributed by atoms with Gasteiger partial charge in [-0.1, -0.05) is 16.9 Å². The van der Waals surface area contributed by atoms with Crippen LogP contribution in [0.5, 0.6) is 0 Å². The Morgan fingerprint density at radius 3 is 3.40 bits per heavy atom. The highest BCUT2D eigenvalue weighted by molar-refractivity contribution is 7.99. The standard InChI is InChI=1S/C4H5N5S/c1-3-2-10-4-5-7-8-9(4)6-3/h2H2,1H3. The van der Waals surface area contributed by atoms with Crippen LogP contribution in [0.4, 0.5) is 0 Å². The van der Waals surface area contributed by atoms with E-state index >= 15 is 0 Å². The van der Waals surface area contributed by atoms with Gasteiger partial charge < -0.3 is 0 Å². The molecule has 1 aromatic rings. The van der Waals surface area contributed by atoms with Crippen LogP contribution in [0.1, 0.15) is 6.92 Å². The van der Waals surface area contributed by atoms with Gasteiger partial charge in [-0.05, 0) is 17.4 Å². The van der Waals surface area contributed by atoms with E-state index in [9.17, 15) is 0 Å². The summed E-state index contributed by atoms with van der Waals surface area (Å²) in [6, 6.07) is 0. The predicted octanol–water partition coefficient (Wildman–Crippen LogP) is 0.00280. The van der Waals surface area contributed by atoms with Crippen molar-refractivity contribution in [3.8, 4) is 0 Å². The van der Waals surface area contributed by atoms with Crippen LogP contribution in [0.3, 0.4) is 0 Å². The first kappa shape index (κ1) is 5.84. The van der Waals surface area contributed by atoms with E-state index in [4.69, 9.17) is 0 Å². The van der Waals surface area contributed by atoms with E-state index in [1.165, 1.54) is 4.79 Å². The minimum atomic E-state index is 0.769. The van der Waals surface area contributed by atoms with Crippen molar-refractivity contribution in [3.05, 3.63) is 0 Å². The molecular formula is C4H5N5S. The summed E-state index contributed by atoms with van der Waals surface area (Å²) in [5, 5.41) is 15.7. The molecule has 0 amide bonds. The van der Waals surface area contributed by atoms with Gasteiger partial charge in [0.1, 0.15) is 0 Å². The second-order valence-corrected chi connectivity index (χ2v) is 2.92. The number of hydrogen-bond donors (Lipinski definition) is 0. The molecule has 1 aliphatic rings. The number of tetrazole rings is 1. The normalized spacial score (nSPS) is 16.3. The maximum absolute atomic E-state index is 4.08. The van der Waals surface area contributed by atoms with Gasteiger partial charge in [-0.25, -0.2) is 0 Å². The molecule has 2 rings (SSSR count). The van der Waals surface area contributed by atoms with E-state index in [1.54, 1.807) is 11.8 Å². The van der Waals surface area contributed by atoms with Crippen LogP contribution in [-0.2, 0) is 0 Å². The highest BCUT2D eigenvalue weighted by atomic mass is 32.2. The molecule has 5 nitrogen and oxygen atoms in total. The van der Waals surface area contributed by atoms with Gasteiger partial charge in [-0.3, -0.25) is 0 Å². The van der Waals surface area contributed by atoms with Crippen LogP contribution in [0, 0.1) is 0 Å². The summed E-state index contributed by atoms with van der Waals surface area (Å²) in [5.41, 5.74) is 1.05. The molecule has 0 N–H and O–H groups in total. The lowest BCUT2D eigenvalue weighted by Gasteiger charge is -2.04. The van der Waals surface area contributed by atoms with Gasteiger partial charge in [-0.2, -0.15) is 5.10 Å². The molecule has 0 atom stereocenters. The van der Waals surface area contributed by atoms with Crippen molar-refractivity contribution in [1.29, 1.82) is 0 Å². The van der Waals surface area contributed by atoms with Gasteiger partial charge in [0.25, 0.3) is 0 Å². The van der Waals surface area contributed by atoms with Crippen molar-refractivity contribution in [2.45, 2.75) is 12.1 Å². The van der Waals surface area contributed by atoms with Gasteiger partial charge in [-0.15, -0.1) is 4.79 Å². The molecule has 1 aliphatic heterocycles. The summed E-state index contributed by atoms with van der Waals surface area (Å²) in [5.74, 6) is 0.889. The fourth-order valence-electron chi connectivity index (χ4n) is 0.683. The zero-order valence-electron chi connectivity index (χ0n) is 5.35. The predicted molar refractivity (Wildman–Crippen MR) is 37.0 cm³/mol. The third-order valence-corrected chi connectivity index (χ3v) is 2.17. The van der Waals surface area contributed by atoms with E-state index in [2.05, 4.69) is 20.6 Å². The van der Waals surface area contributed by atoms with Crippen LogP contribution in [0.15, 0.2) is 10.3 Å². The lowest BCUT2D eigenvalue weighted by atomic mass is 10.5. The molecule has 52 valence electrons. The minimum Gasteiger partial charge on any atom is -0.155 e. The molecule has 0 fully saturated rings. The summed E-state index contributed by atoms with van der Waals surface area (Å²) in [4.78, 5) is 1.45. The monoisotopic (exact) mass is 155 g/mol. The Kier molecular flexibility index (Phi) is 1.20. The number of nitrogens with zero attached hydrogens (tertiary/aromatic N) is 5. The Morgan fingerprint density at radius 2 is 2.50 bits per heavy atom. The van der Waals surface area contributed by atoms with Gasteiger partial charge in [0.15, 0.2) is 0 Å². The second-order valence-electron chi connectivity index (χ2n) is 1.97. The van der Waals surface area contributed by atoms with Crippen molar-refractivity contribution >= 4 is 17.5 Å². The van der Waals surface area contributed by atoms with Crippen molar-refractivity contribution in [3.63, 3.8) is 0 Å². The van der Waals surface area contributed by atoms with Crippen LogP contribution in [0.2, 0.25) is 0 Å². The van der Waals surface area contributed by atoms with Gasteiger partial charge in [0, 0.05) is 11.5 Å². The molecule has 0 bridgehead atoms. The Hall–Kier alpha value is -0.910. The first-order chi connectivity index (χ1) is 4.86. The molecule has 0 radical (unpaired) electrons. The summed E-state index contributed by atoms with van der Waals surface area (Å²) in [6.07, 6.45) is 0. The third kappa shape index (κ3) is 0.804. The van der Waals surface area contributed by atoms with Crippen molar-refractivity contribution in [2.24, 2.45) is 5.10 Å². The Bertz CT molecular complexity index is 277. The van der Waals surface area contributed by atoms with Crippen LogP contribution < -0.4 is 0 Å². The maximum Gasteiger partial charge on any atom is 0.233 e. The first-order valence-corrected chi connectivity index (χ1v) is 3.80. The highest BCUT2D eigenvalue weighted by Crippen LogP contribution is 2.17. The largest absolute Gasteiger partial charge is 0.233 e. The summed E-state index contributed by atoms with van der Waals surface area (Å²) in [7, 11) is 0. The summed E-state index contributed by atoms with van der Waals surface area (Å²) >= 11 is 1.60. The van der Waals surface area contributed by atoms with Crippen molar-refractivity contribution < 1.29 is 0 Å². The van der Waals surface area contributed by atoms with E-state index < -0.39 is 0 Å². The molecule has 0 spiro atoms. The van der Waals surface area contributed by atoms with Gasteiger partial charge in [0.05, 0.1) is 0 Å². The average Bonchev–Trinajstić information content (AvgIpc) is 2.33. The summed E-state index contributed by atoms with van der Waals surface area (Å²) < 4.78 is 0. The molecule has 0 unspecified atom stereocenters. The molecule has 1 aromatic heterocycles. The number of hydrogen-bond acceptors (Lipinski definition) is 5. The fourth-order valence-corrected chi connectivity index (χ4v) is 1.37. The maximum atomic E-state index is 4.08. The number of aromatic nitrogens is 4. The molecule has 0 saturated heterocycles. The zero-order chi connectivity index (χ0) is 6.97. The Morgan fingerprint density at radius 1 is 1.60 bits per heavy atom. The third-order valence-electron chi connectivity index (χ3n) is 1.10. The number of fused-ring (bicyclic) bond motifs is 1. The Labute approximate surface area is 61.5 Å². The second kappa shape index (κ2) is 2.05. The molecule has 10 heavy (non-hydrogen) atoms. The topological polar surface area (TPSA) is 56.0 Å². The molecule has 2 heterocycles. The SMILES string of the molecule is CC1=Nn2nnnc2SC1. The molecule has 0 saturated carbocycles. The minimum absolute atomic E-state index is 0.769. The van der Waals surface area contributed by atoms with Crippen molar-refractivity contribution in [1.82, 2.24) is 20.3 Å². The zero-order valence-corrected chi connectivity index (χ0v) is 6.17. The van der Waals surface area contributed by atoms with Crippen LogP contribution in [0.25, 0.3) is 0 Å². The quantitative estimate of drug-likeness (QED) is 0.529.